The highest BCUT2D eigenvalue weighted by atomic mass is 31.2. The maximum atomic E-state index is 14.1. The summed E-state index contributed by atoms with van der Waals surface area (Å²) in [5, 5.41) is 0. The van der Waals surface area contributed by atoms with Gasteiger partial charge >= 0.3 is 27.1 Å². The summed E-state index contributed by atoms with van der Waals surface area (Å²) in [5.74, 6) is -3.21. The molecular formula is C23H38O10P2. The summed E-state index contributed by atoms with van der Waals surface area (Å²) in [6.07, 6.45) is 0. The molecular weight excluding hydrogens is 498 g/mol. The maximum absolute atomic E-state index is 14.1. The van der Waals surface area contributed by atoms with Gasteiger partial charge in [-0.2, -0.15) is 0 Å². The number of benzene rings is 1. The lowest BCUT2D eigenvalue weighted by atomic mass is 9.91. The molecule has 2 atom stereocenters. The van der Waals surface area contributed by atoms with Gasteiger partial charge in [-0.1, -0.05) is 30.3 Å². The lowest BCUT2D eigenvalue weighted by Gasteiger charge is -2.37. The van der Waals surface area contributed by atoms with E-state index in [1.165, 1.54) is 0 Å². The third kappa shape index (κ3) is 8.24. The first-order valence-electron chi connectivity index (χ1n) is 11.8. The monoisotopic (exact) mass is 536 g/mol. The SMILES string of the molecule is CCOC(=O)C(C(c1ccccc1)C(C(=O)OCC)P(=O)(OCC)OCC)P(=O)(OCC)OCC. The fourth-order valence-electron chi connectivity index (χ4n) is 3.73. The summed E-state index contributed by atoms with van der Waals surface area (Å²) in [5.41, 5.74) is -2.95. The van der Waals surface area contributed by atoms with E-state index in [0.717, 1.165) is 0 Å². The van der Waals surface area contributed by atoms with Crippen LogP contribution in [0, 0.1) is 0 Å². The van der Waals surface area contributed by atoms with Gasteiger partial charge in [0.25, 0.3) is 0 Å². The lowest BCUT2D eigenvalue weighted by molar-refractivity contribution is -0.145. The van der Waals surface area contributed by atoms with Gasteiger partial charge in [0.15, 0.2) is 11.3 Å². The van der Waals surface area contributed by atoms with Gasteiger partial charge in [0.1, 0.15) is 0 Å². The average Bonchev–Trinajstić information content (AvgIpc) is 2.80. The standard InChI is InChI=1S/C23H38O10P2/c1-7-28-22(24)20(34(26,30-9-3)31-10-4)19(18-16-14-13-15-17-18)21(23(25)29-8-2)35(27,32-11-5)33-12-6/h13-17,19-21H,7-12H2,1-6H3. The number of rotatable bonds is 17. The third-order valence-electron chi connectivity index (χ3n) is 4.84. The minimum Gasteiger partial charge on any atom is -0.465 e. The maximum Gasteiger partial charge on any atom is 0.345 e. The minimum absolute atomic E-state index is 0.0340. The van der Waals surface area contributed by atoms with Crippen LogP contribution in [-0.4, -0.2) is 62.9 Å². The molecule has 35 heavy (non-hydrogen) atoms. The van der Waals surface area contributed by atoms with Gasteiger partial charge in [0, 0.05) is 5.92 Å². The van der Waals surface area contributed by atoms with Crippen molar-refractivity contribution in [1.82, 2.24) is 0 Å². The Labute approximate surface area is 208 Å². The summed E-state index contributed by atoms with van der Waals surface area (Å²) in [6.45, 7) is 9.31. The molecule has 1 aromatic carbocycles. The fourth-order valence-corrected chi connectivity index (χ4v) is 8.24. The molecule has 2 unspecified atom stereocenters. The summed E-state index contributed by atoms with van der Waals surface area (Å²) in [6, 6.07) is 8.31. The van der Waals surface area contributed by atoms with E-state index in [0.29, 0.717) is 5.56 Å². The first kappa shape index (κ1) is 31.5. The van der Waals surface area contributed by atoms with Gasteiger partial charge in [-0.3, -0.25) is 18.7 Å². The molecule has 0 aromatic heterocycles. The van der Waals surface area contributed by atoms with E-state index in [9.17, 15) is 18.7 Å². The zero-order valence-electron chi connectivity index (χ0n) is 21.3. The van der Waals surface area contributed by atoms with E-state index >= 15 is 0 Å². The predicted octanol–water partition coefficient (Wildman–Crippen LogP) is 5.17. The molecule has 12 heteroatoms. The molecule has 1 rings (SSSR count). The third-order valence-corrected chi connectivity index (χ3v) is 9.74. The van der Waals surface area contributed by atoms with E-state index in [1.54, 1.807) is 71.9 Å². The highest BCUT2D eigenvalue weighted by molar-refractivity contribution is 7.57. The second-order valence-corrected chi connectivity index (χ2v) is 11.4. The second kappa shape index (κ2) is 15.5. The van der Waals surface area contributed by atoms with Crippen LogP contribution in [0.3, 0.4) is 0 Å². The van der Waals surface area contributed by atoms with Crippen LogP contribution in [0.1, 0.15) is 53.0 Å². The Balaban J connectivity index is 4.06. The molecule has 200 valence electrons. The van der Waals surface area contributed by atoms with E-state index in [1.807, 2.05) is 0 Å². The van der Waals surface area contributed by atoms with Crippen molar-refractivity contribution in [3.8, 4) is 0 Å². The molecule has 0 heterocycles. The normalized spacial score (nSPS) is 14.7. The molecule has 0 amide bonds. The topological polar surface area (TPSA) is 124 Å². The van der Waals surface area contributed by atoms with E-state index in [2.05, 4.69) is 0 Å². The Kier molecular flexibility index (Phi) is 14.0. The van der Waals surface area contributed by atoms with Gasteiger partial charge in [-0.15, -0.1) is 0 Å². The van der Waals surface area contributed by atoms with Crippen LogP contribution in [0.5, 0.6) is 0 Å². The summed E-state index contributed by atoms with van der Waals surface area (Å²) < 4.78 is 60.9. The molecule has 0 aliphatic rings. The second-order valence-electron chi connectivity index (χ2n) is 7.08. The molecule has 0 saturated heterocycles. The molecule has 0 radical (unpaired) electrons. The molecule has 0 spiro atoms. The van der Waals surface area contributed by atoms with Crippen molar-refractivity contribution in [3.63, 3.8) is 0 Å². The molecule has 10 nitrogen and oxygen atoms in total. The molecule has 0 saturated carbocycles. The number of carbonyl (C=O) groups excluding carboxylic acids is 2. The van der Waals surface area contributed by atoms with Gasteiger partial charge in [0.2, 0.25) is 0 Å². The number of hydrogen-bond donors (Lipinski definition) is 0. The number of hydrogen-bond acceptors (Lipinski definition) is 10. The van der Waals surface area contributed by atoms with Crippen LogP contribution in [0.4, 0.5) is 0 Å². The van der Waals surface area contributed by atoms with Crippen molar-refractivity contribution < 1.29 is 46.3 Å². The Bertz CT molecular complexity index is 804. The van der Waals surface area contributed by atoms with Crippen molar-refractivity contribution in [2.75, 3.05) is 39.6 Å². The van der Waals surface area contributed by atoms with E-state index < -0.39 is 44.4 Å². The molecule has 0 aliphatic carbocycles. The van der Waals surface area contributed by atoms with Crippen LogP contribution in [0.25, 0.3) is 0 Å². The summed E-state index contributed by atoms with van der Waals surface area (Å²) >= 11 is 0. The fraction of sp³-hybridized carbons (Fsp3) is 0.652. The number of esters is 2. The Morgan fingerprint density at radius 2 is 0.971 bits per heavy atom. The first-order chi connectivity index (χ1) is 16.7. The van der Waals surface area contributed by atoms with E-state index in [4.69, 9.17) is 27.6 Å². The molecule has 0 aliphatic heterocycles. The van der Waals surface area contributed by atoms with Crippen molar-refractivity contribution in [1.29, 1.82) is 0 Å². The van der Waals surface area contributed by atoms with Gasteiger partial charge in [-0.05, 0) is 47.1 Å². The minimum atomic E-state index is -4.27. The molecule has 0 fully saturated rings. The van der Waals surface area contributed by atoms with E-state index in [-0.39, 0.29) is 39.6 Å². The molecule has 0 N–H and O–H groups in total. The van der Waals surface area contributed by atoms with Gasteiger partial charge in [-0.25, -0.2) is 0 Å². The lowest BCUT2D eigenvalue weighted by Crippen LogP contribution is -2.42. The number of carbonyl (C=O) groups is 2. The van der Waals surface area contributed by atoms with Crippen LogP contribution in [-0.2, 0) is 46.3 Å². The van der Waals surface area contributed by atoms with Gasteiger partial charge in [0.05, 0.1) is 39.6 Å². The zero-order valence-corrected chi connectivity index (χ0v) is 23.1. The first-order valence-corrected chi connectivity index (χ1v) is 15.1. The van der Waals surface area contributed by atoms with Crippen LogP contribution in [0.2, 0.25) is 0 Å². The van der Waals surface area contributed by atoms with Gasteiger partial charge < -0.3 is 27.6 Å². The van der Waals surface area contributed by atoms with Crippen molar-refractivity contribution in [3.05, 3.63) is 35.9 Å². The predicted molar refractivity (Wildman–Crippen MR) is 132 cm³/mol. The zero-order chi connectivity index (χ0) is 26.5. The Morgan fingerprint density at radius 1 is 0.629 bits per heavy atom. The Hall–Kier alpha value is -1.54. The highest BCUT2D eigenvalue weighted by Gasteiger charge is 2.58. The van der Waals surface area contributed by atoms with Crippen LogP contribution < -0.4 is 0 Å². The van der Waals surface area contributed by atoms with Crippen molar-refractivity contribution in [2.45, 2.75) is 58.8 Å². The average molecular weight is 536 g/mol. The summed E-state index contributed by atoms with van der Waals surface area (Å²) in [7, 11) is -8.54. The molecule has 0 bridgehead atoms. The molecule has 1 aromatic rings. The van der Waals surface area contributed by atoms with Crippen molar-refractivity contribution >= 4 is 27.1 Å². The smallest absolute Gasteiger partial charge is 0.345 e. The van der Waals surface area contributed by atoms with Crippen molar-refractivity contribution in [2.24, 2.45) is 0 Å². The quantitative estimate of drug-likeness (QED) is 0.195. The highest BCUT2D eigenvalue weighted by Crippen LogP contribution is 2.65. The van der Waals surface area contributed by atoms with Crippen LogP contribution >= 0.6 is 15.2 Å². The van der Waals surface area contributed by atoms with Crippen LogP contribution in [0.15, 0.2) is 30.3 Å². The Morgan fingerprint density at radius 3 is 1.26 bits per heavy atom. The largest absolute Gasteiger partial charge is 0.465 e. The summed E-state index contributed by atoms with van der Waals surface area (Å²) in [4.78, 5) is 26.8. The number of ether oxygens (including phenoxy) is 2.